The zero-order valence-electron chi connectivity index (χ0n) is 16.1. The molecule has 4 nitrogen and oxygen atoms in total. The lowest BCUT2D eigenvalue weighted by molar-refractivity contribution is -0.121. The van der Waals surface area contributed by atoms with E-state index in [1.807, 2.05) is 72.8 Å². The maximum atomic E-state index is 12.2. The molecule has 5 heteroatoms. The first-order valence-electron chi connectivity index (χ1n) is 9.56. The molecule has 0 radical (unpaired) electrons. The van der Waals surface area contributed by atoms with Gasteiger partial charge in [0.25, 0.3) is 5.91 Å². The van der Waals surface area contributed by atoms with Crippen LogP contribution in [0.2, 0.25) is 0 Å². The molecule has 0 saturated carbocycles. The van der Waals surface area contributed by atoms with Gasteiger partial charge in [-0.2, -0.15) is 0 Å². The van der Waals surface area contributed by atoms with Gasteiger partial charge in [-0.25, -0.2) is 0 Å². The Bertz CT molecular complexity index is 913. The number of hydrogen-bond donors (Lipinski definition) is 2. The summed E-state index contributed by atoms with van der Waals surface area (Å²) in [7, 11) is 0. The fourth-order valence-electron chi connectivity index (χ4n) is 2.72. The third kappa shape index (κ3) is 7.12. The Morgan fingerprint density at radius 2 is 1.34 bits per heavy atom. The van der Waals surface area contributed by atoms with Gasteiger partial charge in [-0.1, -0.05) is 60.7 Å². The Labute approximate surface area is 175 Å². The quantitative estimate of drug-likeness (QED) is 0.519. The minimum Gasteiger partial charge on any atom is -0.352 e. The summed E-state index contributed by atoms with van der Waals surface area (Å²) in [6.07, 6.45) is 0.254. The zero-order chi connectivity index (χ0) is 20.3. The van der Waals surface area contributed by atoms with Crippen LogP contribution in [0.5, 0.6) is 0 Å². The van der Waals surface area contributed by atoms with Gasteiger partial charge >= 0.3 is 0 Å². The second-order valence-electron chi connectivity index (χ2n) is 6.57. The second-order valence-corrected chi connectivity index (χ2v) is 7.62. The average molecular weight is 405 g/mol. The van der Waals surface area contributed by atoms with E-state index in [9.17, 15) is 9.59 Å². The van der Waals surface area contributed by atoms with Crippen LogP contribution in [0.3, 0.4) is 0 Å². The van der Waals surface area contributed by atoms with Crippen molar-refractivity contribution in [2.24, 2.45) is 0 Å². The molecule has 0 fully saturated rings. The van der Waals surface area contributed by atoms with Gasteiger partial charge in [-0.15, -0.1) is 11.8 Å². The highest BCUT2D eigenvalue weighted by Crippen LogP contribution is 2.22. The van der Waals surface area contributed by atoms with Crippen LogP contribution in [-0.4, -0.2) is 18.4 Å². The van der Waals surface area contributed by atoms with Crippen molar-refractivity contribution in [3.8, 4) is 0 Å². The van der Waals surface area contributed by atoms with Crippen LogP contribution in [0.4, 0.5) is 0 Å². The van der Waals surface area contributed by atoms with Crippen molar-refractivity contribution in [2.45, 2.75) is 23.6 Å². The van der Waals surface area contributed by atoms with Gasteiger partial charge in [0.15, 0.2) is 0 Å². The summed E-state index contributed by atoms with van der Waals surface area (Å²) < 4.78 is 0. The van der Waals surface area contributed by atoms with Crippen LogP contribution < -0.4 is 10.6 Å². The number of thioether (sulfide) groups is 1. The van der Waals surface area contributed by atoms with Crippen molar-refractivity contribution in [1.82, 2.24) is 10.6 Å². The molecule has 0 aliphatic heterocycles. The van der Waals surface area contributed by atoms with Gasteiger partial charge in [0.2, 0.25) is 5.91 Å². The first kappa shape index (κ1) is 20.7. The van der Waals surface area contributed by atoms with Crippen molar-refractivity contribution in [1.29, 1.82) is 0 Å². The third-order valence-electron chi connectivity index (χ3n) is 4.33. The molecule has 29 heavy (non-hydrogen) atoms. The second kappa shape index (κ2) is 11.1. The lowest BCUT2D eigenvalue weighted by atomic mass is 10.2. The molecule has 2 N–H and O–H groups in total. The van der Waals surface area contributed by atoms with Crippen molar-refractivity contribution in [3.05, 3.63) is 102 Å². The Hall–Kier alpha value is -3.05. The average Bonchev–Trinajstić information content (AvgIpc) is 2.78. The van der Waals surface area contributed by atoms with Gasteiger partial charge in [0, 0.05) is 35.7 Å². The lowest BCUT2D eigenvalue weighted by Crippen LogP contribution is -2.30. The molecule has 0 bridgehead atoms. The molecule has 0 saturated heterocycles. The van der Waals surface area contributed by atoms with Gasteiger partial charge in [-0.3, -0.25) is 9.59 Å². The van der Waals surface area contributed by atoms with E-state index in [-0.39, 0.29) is 18.2 Å². The molecule has 2 amide bonds. The molecule has 0 aromatic heterocycles. The minimum absolute atomic E-state index is 0.0817. The first-order chi connectivity index (χ1) is 14.2. The first-order valence-corrected chi connectivity index (χ1v) is 10.5. The van der Waals surface area contributed by atoms with Crippen LogP contribution in [0, 0.1) is 0 Å². The summed E-state index contributed by atoms with van der Waals surface area (Å²) in [5, 5.41) is 5.65. The van der Waals surface area contributed by atoms with Crippen molar-refractivity contribution < 1.29 is 9.59 Å². The van der Waals surface area contributed by atoms with Crippen LogP contribution in [0.25, 0.3) is 0 Å². The van der Waals surface area contributed by atoms with E-state index in [1.165, 1.54) is 5.56 Å². The molecule has 0 atom stereocenters. The van der Waals surface area contributed by atoms with Crippen LogP contribution in [0.1, 0.15) is 27.9 Å². The monoisotopic (exact) mass is 404 g/mol. The van der Waals surface area contributed by atoms with E-state index in [0.29, 0.717) is 18.7 Å². The van der Waals surface area contributed by atoms with E-state index in [1.54, 1.807) is 11.8 Å². The third-order valence-corrected chi connectivity index (χ3v) is 5.42. The zero-order valence-corrected chi connectivity index (χ0v) is 17.0. The molecule has 3 aromatic rings. The van der Waals surface area contributed by atoms with Crippen molar-refractivity contribution >= 4 is 23.6 Å². The van der Waals surface area contributed by atoms with E-state index >= 15 is 0 Å². The summed E-state index contributed by atoms with van der Waals surface area (Å²) in [5.41, 5.74) is 2.92. The van der Waals surface area contributed by atoms with E-state index < -0.39 is 0 Å². The summed E-state index contributed by atoms with van der Waals surface area (Å²) in [4.78, 5) is 25.3. The van der Waals surface area contributed by atoms with Gasteiger partial charge < -0.3 is 10.6 Å². The molecule has 3 aromatic carbocycles. The summed E-state index contributed by atoms with van der Waals surface area (Å²) >= 11 is 1.73. The molecule has 0 unspecified atom stereocenters. The fourth-order valence-corrected chi connectivity index (χ4v) is 3.57. The number of rotatable bonds is 9. The maximum absolute atomic E-state index is 12.2. The molecule has 148 valence electrons. The number of amides is 2. The highest BCUT2D eigenvalue weighted by Gasteiger charge is 2.07. The number of nitrogens with one attached hydrogen (secondary N) is 2. The Kier molecular flexibility index (Phi) is 7.90. The molecular weight excluding hydrogens is 380 g/mol. The lowest BCUT2D eigenvalue weighted by Gasteiger charge is -2.08. The van der Waals surface area contributed by atoms with Crippen molar-refractivity contribution in [2.75, 3.05) is 6.54 Å². The van der Waals surface area contributed by atoms with Gasteiger partial charge in [0.05, 0.1) is 0 Å². The predicted molar refractivity (Wildman–Crippen MR) is 118 cm³/mol. The van der Waals surface area contributed by atoms with Crippen molar-refractivity contribution in [3.63, 3.8) is 0 Å². The molecule has 0 aliphatic rings. The minimum atomic E-state index is -0.166. The van der Waals surface area contributed by atoms with Crippen LogP contribution in [-0.2, 0) is 17.1 Å². The standard InChI is InChI=1S/C24H24N2O2S/c27-23(26-17-19-7-3-1-4-8-19)15-16-25-24(28)21-11-13-22(14-12-21)29-18-20-9-5-2-6-10-20/h1-14H,15-18H2,(H,25,28)(H,26,27). The topological polar surface area (TPSA) is 58.2 Å². The number of benzene rings is 3. The maximum Gasteiger partial charge on any atom is 0.251 e. The smallest absolute Gasteiger partial charge is 0.251 e. The molecular formula is C24H24N2O2S. The molecule has 0 spiro atoms. The fraction of sp³-hybridized carbons (Fsp3) is 0.167. The summed E-state index contributed by atoms with van der Waals surface area (Å²) in [6, 6.07) is 27.6. The number of carbonyl (C=O) groups is 2. The van der Waals surface area contributed by atoms with E-state index in [4.69, 9.17) is 0 Å². The SMILES string of the molecule is O=C(CCNC(=O)c1ccc(SCc2ccccc2)cc1)NCc1ccccc1. The van der Waals surface area contributed by atoms with Gasteiger partial charge in [-0.05, 0) is 35.4 Å². The Morgan fingerprint density at radius 1 is 0.724 bits per heavy atom. The van der Waals surface area contributed by atoms with E-state index in [2.05, 4.69) is 22.8 Å². The largest absolute Gasteiger partial charge is 0.352 e. The van der Waals surface area contributed by atoms with E-state index in [0.717, 1.165) is 16.2 Å². The molecule has 0 heterocycles. The highest BCUT2D eigenvalue weighted by molar-refractivity contribution is 7.98. The van der Waals surface area contributed by atoms with Gasteiger partial charge in [0.1, 0.15) is 0 Å². The normalized spacial score (nSPS) is 10.3. The number of hydrogen-bond acceptors (Lipinski definition) is 3. The highest BCUT2D eigenvalue weighted by atomic mass is 32.2. The Morgan fingerprint density at radius 3 is 2.00 bits per heavy atom. The predicted octanol–water partition coefficient (Wildman–Crippen LogP) is 4.42. The summed E-state index contributed by atoms with van der Waals surface area (Å²) in [6.45, 7) is 0.805. The molecule has 0 aliphatic carbocycles. The Balaban J connectivity index is 1.37. The summed E-state index contributed by atoms with van der Waals surface area (Å²) in [5.74, 6) is 0.645. The van der Waals surface area contributed by atoms with Crippen LogP contribution >= 0.6 is 11.8 Å². The number of carbonyl (C=O) groups excluding carboxylic acids is 2. The van der Waals surface area contributed by atoms with Crippen LogP contribution in [0.15, 0.2) is 89.8 Å². The molecule has 3 rings (SSSR count).